The number of likely N-dealkylation sites (N-methyl/N-ethyl adjacent to an activating group) is 1. The van der Waals surface area contributed by atoms with Crippen LogP contribution in [0.2, 0.25) is 0 Å². The van der Waals surface area contributed by atoms with Gasteiger partial charge in [-0.2, -0.15) is 0 Å². The van der Waals surface area contributed by atoms with Crippen LogP contribution in [0.1, 0.15) is 29.7 Å². The van der Waals surface area contributed by atoms with Crippen LogP contribution in [0.4, 0.5) is 0 Å². The van der Waals surface area contributed by atoms with E-state index in [2.05, 4.69) is 46.5 Å². The van der Waals surface area contributed by atoms with E-state index >= 15 is 0 Å². The summed E-state index contributed by atoms with van der Waals surface area (Å²) in [6.07, 6.45) is 6.73. The molecular formula is C16H29N5S. The molecule has 1 atom stereocenters. The molecule has 0 bridgehead atoms. The minimum atomic E-state index is 0.602. The van der Waals surface area contributed by atoms with Gasteiger partial charge in [-0.3, -0.25) is 4.99 Å². The van der Waals surface area contributed by atoms with Crippen molar-refractivity contribution in [2.24, 2.45) is 10.9 Å². The van der Waals surface area contributed by atoms with Crippen LogP contribution in [-0.4, -0.2) is 56.1 Å². The van der Waals surface area contributed by atoms with Crippen molar-refractivity contribution >= 4 is 17.3 Å². The molecule has 1 saturated carbocycles. The number of aromatic nitrogens is 1. The summed E-state index contributed by atoms with van der Waals surface area (Å²) in [6, 6.07) is 0.602. The van der Waals surface area contributed by atoms with Crippen LogP contribution in [0.3, 0.4) is 0 Å². The van der Waals surface area contributed by atoms with Crippen molar-refractivity contribution in [1.29, 1.82) is 0 Å². The van der Waals surface area contributed by atoms with Crippen molar-refractivity contribution in [3.8, 4) is 0 Å². The number of hydrogen-bond acceptors (Lipinski definition) is 4. The second kappa shape index (κ2) is 8.48. The van der Waals surface area contributed by atoms with E-state index in [-0.39, 0.29) is 0 Å². The van der Waals surface area contributed by atoms with Crippen molar-refractivity contribution in [3.63, 3.8) is 0 Å². The topological polar surface area (TPSA) is 52.6 Å². The molecule has 1 heterocycles. The maximum Gasteiger partial charge on any atom is 0.191 e. The second-order valence-corrected chi connectivity index (χ2v) is 7.27. The lowest BCUT2D eigenvalue weighted by atomic mass is 10.1. The average molecular weight is 324 g/mol. The Morgan fingerprint density at radius 1 is 1.45 bits per heavy atom. The molecular weight excluding hydrogens is 294 g/mol. The summed E-state index contributed by atoms with van der Waals surface area (Å²) in [5, 5.41) is 8.04. The minimum absolute atomic E-state index is 0.602. The van der Waals surface area contributed by atoms with Gasteiger partial charge >= 0.3 is 0 Å². The summed E-state index contributed by atoms with van der Waals surface area (Å²) >= 11 is 1.81. The van der Waals surface area contributed by atoms with Crippen LogP contribution in [0.25, 0.3) is 0 Å². The molecule has 1 unspecified atom stereocenters. The maximum absolute atomic E-state index is 4.45. The molecule has 5 nitrogen and oxygen atoms in total. The first kappa shape index (κ1) is 17.2. The molecule has 0 radical (unpaired) electrons. The van der Waals surface area contributed by atoms with E-state index in [0.717, 1.165) is 37.8 Å². The Morgan fingerprint density at radius 3 is 2.77 bits per heavy atom. The third-order valence-corrected chi connectivity index (χ3v) is 5.31. The standard InChI is InChI=1S/C16H29N5S/c1-5-13-10-19-15(22-13)8-9-18-16(17-2)20-11-14(21(3)4)12-6-7-12/h10,12,14H,5-9,11H2,1-4H3,(H2,17,18,20). The number of nitrogens with one attached hydrogen (secondary N) is 2. The molecule has 124 valence electrons. The fourth-order valence-corrected chi connectivity index (χ4v) is 3.45. The van der Waals surface area contributed by atoms with Gasteiger partial charge in [0.2, 0.25) is 0 Å². The van der Waals surface area contributed by atoms with E-state index in [1.807, 2.05) is 24.6 Å². The van der Waals surface area contributed by atoms with Gasteiger partial charge in [-0.05, 0) is 39.3 Å². The molecule has 0 amide bonds. The zero-order valence-electron chi connectivity index (χ0n) is 14.2. The van der Waals surface area contributed by atoms with Gasteiger partial charge in [-0.25, -0.2) is 4.98 Å². The number of guanidine groups is 1. The molecule has 0 aromatic carbocycles. The zero-order chi connectivity index (χ0) is 15.9. The highest BCUT2D eigenvalue weighted by atomic mass is 32.1. The Morgan fingerprint density at radius 2 is 2.23 bits per heavy atom. The Bertz CT molecular complexity index is 477. The van der Waals surface area contributed by atoms with E-state index in [1.165, 1.54) is 22.7 Å². The van der Waals surface area contributed by atoms with Crippen LogP contribution in [0, 0.1) is 5.92 Å². The number of hydrogen-bond donors (Lipinski definition) is 2. The van der Waals surface area contributed by atoms with Gasteiger partial charge in [0.25, 0.3) is 0 Å². The van der Waals surface area contributed by atoms with Gasteiger partial charge < -0.3 is 15.5 Å². The monoisotopic (exact) mass is 323 g/mol. The quantitative estimate of drug-likeness (QED) is 0.565. The van der Waals surface area contributed by atoms with Gasteiger partial charge in [0, 0.05) is 43.7 Å². The van der Waals surface area contributed by atoms with E-state index in [0.29, 0.717) is 6.04 Å². The molecule has 6 heteroatoms. The highest BCUT2D eigenvalue weighted by molar-refractivity contribution is 7.11. The smallest absolute Gasteiger partial charge is 0.191 e. The maximum atomic E-state index is 4.45. The first-order chi connectivity index (χ1) is 10.6. The largest absolute Gasteiger partial charge is 0.356 e. The van der Waals surface area contributed by atoms with E-state index in [1.54, 1.807) is 0 Å². The number of nitrogens with zero attached hydrogens (tertiary/aromatic N) is 3. The first-order valence-electron chi connectivity index (χ1n) is 8.18. The van der Waals surface area contributed by atoms with Crippen LogP contribution < -0.4 is 10.6 Å². The molecule has 0 spiro atoms. The van der Waals surface area contributed by atoms with Crippen molar-refractivity contribution in [1.82, 2.24) is 20.5 Å². The van der Waals surface area contributed by atoms with Gasteiger partial charge in [0.1, 0.15) is 0 Å². The van der Waals surface area contributed by atoms with E-state index in [4.69, 9.17) is 0 Å². The molecule has 22 heavy (non-hydrogen) atoms. The third-order valence-electron chi connectivity index (χ3n) is 4.11. The predicted octanol–water partition coefficient (Wildman–Crippen LogP) is 1.75. The first-order valence-corrected chi connectivity index (χ1v) is 9.00. The van der Waals surface area contributed by atoms with Crippen molar-refractivity contribution in [3.05, 3.63) is 16.1 Å². The summed E-state index contributed by atoms with van der Waals surface area (Å²) in [6.45, 7) is 3.99. The average Bonchev–Trinajstić information content (AvgIpc) is 3.23. The predicted molar refractivity (Wildman–Crippen MR) is 94.8 cm³/mol. The minimum Gasteiger partial charge on any atom is -0.356 e. The molecule has 0 aliphatic heterocycles. The van der Waals surface area contributed by atoms with Crippen LogP contribution in [0.15, 0.2) is 11.2 Å². The highest BCUT2D eigenvalue weighted by Crippen LogP contribution is 2.34. The summed E-state index contributed by atoms with van der Waals surface area (Å²) in [7, 11) is 6.15. The molecule has 1 fully saturated rings. The van der Waals surface area contributed by atoms with Gasteiger partial charge in [-0.1, -0.05) is 6.92 Å². The van der Waals surface area contributed by atoms with Crippen molar-refractivity contribution in [2.45, 2.75) is 38.6 Å². The zero-order valence-corrected chi connectivity index (χ0v) is 15.0. The number of aliphatic imine (C=N–C) groups is 1. The summed E-state index contributed by atoms with van der Waals surface area (Å²) < 4.78 is 0. The third kappa shape index (κ3) is 5.25. The summed E-state index contributed by atoms with van der Waals surface area (Å²) in [5.74, 6) is 1.74. The normalized spacial score (nSPS) is 16.9. The Hall–Kier alpha value is -1.14. The Balaban J connectivity index is 1.70. The lowest BCUT2D eigenvalue weighted by Crippen LogP contribution is -2.46. The fourth-order valence-electron chi connectivity index (χ4n) is 2.59. The number of aryl methyl sites for hydroxylation is 1. The van der Waals surface area contributed by atoms with Gasteiger partial charge in [0.05, 0.1) is 5.01 Å². The van der Waals surface area contributed by atoms with E-state index in [9.17, 15) is 0 Å². The summed E-state index contributed by atoms with van der Waals surface area (Å²) in [5.41, 5.74) is 0. The second-order valence-electron chi connectivity index (χ2n) is 6.07. The Kier molecular flexibility index (Phi) is 6.64. The van der Waals surface area contributed by atoms with Crippen LogP contribution in [-0.2, 0) is 12.8 Å². The van der Waals surface area contributed by atoms with Crippen molar-refractivity contribution in [2.75, 3.05) is 34.2 Å². The van der Waals surface area contributed by atoms with Gasteiger partial charge in [0.15, 0.2) is 5.96 Å². The SMILES string of the molecule is CCc1cnc(CCNC(=NC)NCC(C2CC2)N(C)C)s1. The Labute approximate surface area is 138 Å². The molecule has 1 aromatic heterocycles. The molecule has 1 aromatic rings. The molecule has 0 saturated heterocycles. The van der Waals surface area contributed by atoms with E-state index < -0.39 is 0 Å². The molecule has 2 N–H and O–H groups in total. The highest BCUT2D eigenvalue weighted by Gasteiger charge is 2.32. The molecule has 1 aliphatic carbocycles. The van der Waals surface area contributed by atoms with Crippen molar-refractivity contribution < 1.29 is 0 Å². The van der Waals surface area contributed by atoms with Crippen LogP contribution in [0.5, 0.6) is 0 Å². The number of rotatable bonds is 8. The fraction of sp³-hybridized carbons (Fsp3) is 0.750. The lowest BCUT2D eigenvalue weighted by Gasteiger charge is -2.25. The lowest BCUT2D eigenvalue weighted by molar-refractivity contribution is 0.264. The summed E-state index contributed by atoms with van der Waals surface area (Å²) in [4.78, 5) is 12.4. The number of thiazole rings is 1. The van der Waals surface area contributed by atoms with Crippen LogP contribution >= 0.6 is 11.3 Å². The molecule has 2 rings (SSSR count). The van der Waals surface area contributed by atoms with Gasteiger partial charge in [-0.15, -0.1) is 11.3 Å². The molecule has 1 aliphatic rings.